The Kier molecular flexibility index (Phi) is 6.38. The summed E-state index contributed by atoms with van der Waals surface area (Å²) >= 11 is 5.25. The summed E-state index contributed by atoms with van der Waals surface area (Å²) in [6, 6.07) is 15.7. The van der Waals surface area contributed by atoms with Crippen LogP contribution in [0.15, 0.2) is 57.9 Å². The van der Waals surface area contributed by atoms with Crippen molar-refractivity contribution in [2.45, 2.75) is 36.5 Å². The lowest BCUT2D eigenvalue weighted by Crippen LogP contribution is -2.39. The maximum Gasteiger partial charge on any atom is 0.227 e. The normalized spacial score (nSPS) is 16.1. The zero-order valence-electron chi connectivity index (χ0n) is 14.6. The van der Waals surface area contributed by atoms with Crippen LogP contribution in [0.5, 0.6) is 0 Å². The van der Waals surface area contributed by atoms with Crippen LogP contribution in [0.3, 0.4) is 0 Å². The zero-order valence-corrected chi connectivity index (χ0v) is 17.0. The lowest BCUT2D eigenvalue weighted by molar-refractivity contribution is -0.125. The summed E-state index contributed by atoms with van der Waals surface area (Å²) in [7, 11) is 0. The summed E-state index contributed by atoms with van der Waals surface area (Å²) in [5.41, 5.74) is 1.97. The Morgan fingerprint density at radius 2 is 1.88 bits per heavy atom. The van der Waals surface area contributed by atoms with Crippen LogP contribution in [0.4, 0.5) is 5.69 Å². The van der Waals surface area contributed by atoms with Gasteiger partial charge in [-0.05, 0) is 23.8 Å². The van der Waals surface area contributed by atoms with E-state index in [0.717, 1.165) is 20.6 Å². The first-order chi connectivity index (χ1) is 12.5. The fraction of sp³-hybridized carbons (Fsp3) is 0.300. The van der Waals surface area contributed by atoms with Crippen molar-refractivity contribution in [1.29, 1.82) is 0 Å². The fourth-order valence-corrected chi connectivity index (χ4v) is 4.44. The third kappa shape index (κ3) is 4.68. The van der Waals surface area contributed by atoms with E-state index >= 15 is 0 Å². The molecule has 0 saturated heterocycles. The van der Waals surface area contributed by atoms with Gasteiger partial charge in [-0.2, -0.15) is 0 Å². The first kappa shape index (κ1) is 19.0. The standard InChI is InChI=1S/C20H21BrN2O2S/c1-14-13-23(17-8-4-5-9-18(17)26-14)20(25)11-10-19(24)22-12-15-6-2-3-7-16(15)21/h2-9,14H,10-13H2,1H3,(H,22,24). The SMILES string of the molecule is CC1CN(C(=O)CCC(=O)NCc2ccccc2Br)c2ccccc2S1. The Bertz CT molecular complexity index is 812. The molecule has 0 bridgehead atoms. The van der Waals surface area contributed by atoms with Crippen LogP contribution >= 0.6 is 27.7 Å². The van der Waals surface area contributed by atoms with Gasteiger partial charge in [0.1, 0.15) is 0 Å². The summed E-state index contributed by atoms with van der Waals surface area (Å²) in [5, 5.41) is 3.23. The molecule has 0 fully saturated rings. The molecular formula is C20H21BrN2O2S. The van der Waals surface area contributed by atoms with Crippen molar-refractivity contribution < 1.29 is 9.59 Å². The first-order valence-electron chi connectivity index (χ1n) is 8.61. The molecule has 2 aromatic rings. The highest BCUT2D eigenvalue weighted by molar-refractivity contribution is 9.10. The van der Waals surface area contributed by atoms with Crippen LogP contribution in [0.1, 0.15) is 25.3 Å². The van der Waals surface area contributed by atoms with E-state index in [1.807, 2.05) is 53.4 Å². The molecule has 1 aliphatic rings. The smallest absolute Gasteiger partial charge is 0.227 e. The number of amides is 2. The summed E-state index contributed by atoms with van der Waals surface area (Å²) in [6.45, 7) is 3.25. The number of para-hydroxylation sites is 1. The predicted molar refractivity (Wildman–Crippen MR) is 109 cm³/mol. The van der Waals surface area contributed by atoms with Gasteiger partial charge in [-0.3, -0.25) is 9.59 Å². The molecule has 6 heteroatoms. The molecule has 1 aliphatic heterocycles. The van der Waals surface area contributed by atoms with Crippen molar-refractivity contribution in [3.8, 4) is 0 Å². The average Bonchev–Trinajstić information content (AvgIpc) is 2.64. The minimum absolute atomic E-state index is 0.000594. The number of rotatable bonds is 5. The monoisotopic (exact) mass is 432 g/mol. The molecular weight excluding hydrogens is 412 g/mol. The van der Waals surface area contributed by atoms with Gasteiger partial charge in [-0.1, -0.05) is 53.2 Å². The number of thioether (sulfide) groups is 1. The first-order valence-corrected chi connectivity index (χ1v) is 10.3. The zero-order chi connectivity index (χ0) is 18.5. The number of nitrogens with zero attached hydrogens (tertiary/aromatic N) is 1. The largest absolute Gasteiger partial charge is 0.352 e. The van der Waals surface area contributed by atoms with E-state index < -0.39 is 0 Å². The van der Waals surface area contributed by atoms with Gasteiger partial charge < -0.3 is 10.2 Å². The van der Waals surface area contributed by atoms with E-state index in [2.05, 4.69) is 28.2 Å². The van der Waals surface area contributed by atoms with Gasteiger partial charge >= 0.3 is 0 Å². The predicted octanol–water partition coefficient (Wildman–Crippen LogP) is 4.37. The summed E-state index contributed by atoms with van der Waals surface area (Å²) in [4.78, 5) is 27.7. The third-order valence-corrected chi connectivity index (χ3v) is 6.15. The maximum absolute atomic E-state index is 12.7. The average molecular weight is 433 g/mol. The molecule has 3 rings (SSSR count). The molecule has 0 saturated carbocycles. The molecule has 0 aliphatic carbocycles. The van der Waals surface area contributed by atoms with Gasteiger partial charge in [0.25, 0.3) is 0 Å². The molecule has 1 unspecified atom stereocenters. The molecule has 0 radical (unpaired) electrons. The molecule has 2 amide bonds. The third-order valence-electron chi connectivity index (χ3n) is 4.22. The quantitative estimate of drug-likeness (QED) is 0.762. The van der Waals surface area contributed by atoms with Crippen molar-refractivity contribution in [2.75, 3.05) is 11.4 Å². The molecule has 1 atom stereocenters. The molecule has 1 N–H and O–H groups in total. The molecule has 4 nitrogen and oxygen atoms in total. The number of hydrogen-bond acceptors (Lipinski definition) is 3. The second kappa shape index (κ2) is 8.73. The molecule has 2 aromatic carbocycles. The van der Waals surface area contributed by atoms with Gasteiger partial charge in [0.2, 0.25) is 11.8 Å². The lowest BCUT2D eigenvalue weighted by atomic mass is 10.2. The Hall–Kier alpha value is -1.79. The highest BCUT2D eigenvalue weighted by atomic mass is 79.9. The van der Waals surface area contributed by atoms with E-state index in [4.69, 9.17) is 0 Å². The van der Waals surface area contributed by atoms with Crippen molar-refractivity contribution in [1.82, 2.24) is 5.32 Å². The van der Waals surface area contributed by atoms with Gasteiger partial charge in [0, 0.05) is 40.5 Å². The summed E-state index contributed by atoms with van der Waals surface area (Å²) in [6.07, 6.45) is 0.414. The van der Waals surface area contributed by atoms with E-state index in [1.54, 1.807) is 11.8 Å². The summed E-state index contributed by atoms with van der Waals surface area (Å²) in [5.74, 6) is -0.109. The number of carbonyl (C=O) groups is 2. The number of benzene rings is 2. The number of fused-ring (bicyclic) bond motifs is 1. The van der Waals surface area contributed by atoms with Crippen molar-refractivity contribution in [2.24, 2.45) is 0 Å². The van der Waals surface area contributed by atoms with Crippen LogP contribution < -0.4 is 10.2 Å². The van der Waals surface area contributed by atoms with Gasteiger partial charge in [-0.25, -0.2) is 0 Å². The second-order valence-electron chi connectivity index (χ2n) is 6.27. The number of anilines is 1. The highest BCUT2D eigenvalue weighted by Gasteiger charge is 2.26. The number of carbonyl (C=O) groups excluding carboxylic acids is 2. The topological polar surface area (TPSA) is 49.4 Å². The Morgan fingerprint density at radius 3 is 2.69 bits per heavy atom. The van der Waals surface area contributed by atoms with E-state index in [-0.39, 0.29) is 24.7 Å². The van der Waals surface area contributed by atoms with Crippen LogP contribution in [0.25, 0.3) is 0 Å². The van der Waals surface area contributed by atoms with Gasteiger partial charge in [0.05, 0.1) is 5.69 Å². The highest BCUT2D eigenvalue weighted by Crippen LogP contribution is 2.38. The van der Waals surface area contributed by atoms with Crippen LogP contribution in [0.2, 0.25) is 0 Å². The Morgan fingerprint density at radius 1 is 1.15 bits per heavy atom. The number of nitrogens with one attached hydrogen (secondary N) is 1. The molecule has 0 aromatic heterocycles. The van der Waals surface area contributed by atoms with Gasteiger partial charge in [-0.15, -0.1) is 11.8 Å². The second-order valence-corrected chi connectivity index (χ2v) is 8.60. The fourth-order valence-electron chi connectivity index (χ4n) is 2.90. The van der Waals surface area contributed by atoms with Crippen LogP contribution in [-0.2, 0) is 16.1 Å². The minimum atomic E-state index is -0.109. The van der Waals surface area contributed by atoms with Crippen LogP contribution in [-0.4, -0.2) is 23.6 Å². The lowest BCUT2D eigenvalue weighted by Gasteiger charge is -2.32. The minimum Gasteiger partial charge on any atom is -0.352 e. The Labute approximate surface area is 166 Å². The van der Waals surface area contributed by atoms with Crippen molar-refractivity contribution >= 4 is 45.2 Å². The molecule has 136 valence electrons. The van der Waals surface area contributed by atoms with Crippen molar-refractivity contribution in [3.05, 3.63) is 58.6 Å². The number of halogens is 1. The van der Waals surface area contributed by atoms with E-state index in [0.29, 0.717) is 18.3 Å². The van der Waals surface area contributed by atoms with Crippen LogP contribution in [0, 0.1) is 0 Å². The summed E-state index contributed by atoms with van der Waals surface area (Å²) < 4.78 is 0.966. The van der Waals surface area contributed by atoms with Gasteiger partial charge in [0.15, 0.2) is 0 Å². The maximum atomic E-state index is 12.7. The van der Waals surface area contributed by atoms with E-state index in [1.165, 1.54) is 0 Å². The Balaban J connectivity index is 1.54. The molecule has 1 heterocycles. The number of hydrogen-bond donors (Lipinski definition) is 1. The molecule has 0 spiro atoms. The van der Waals surface area contributed by atoms with Crippen molar-refractivity contribution in [3.63, 3.8) is 0 Å². The molecule has 26 heavy (non-hydrogen) atoms. The van der Waals surface area contributed by atoms with E-state index in [9.17, 15) is 9.59 Å².